The summed E-state index contributed by atoms with van der Waals surface area (Å²) in [6.07, 6.45) is 10.8. The number of nitrogens with zero attached hydrogens (tertiary/aromatic N) is 5. The molecule has 3 heterocycles. The van der Waals surface area contributed by atoms with E-state index in [1.807, 2.05) is 55.4 Å². The van der Waals surface area contributed by atoms with Gasteiger partial charge in [-0.2, -0.15) is 5.10 Å². The summed E-state index contributed by atoms with van der Waals surface area (Å²) in [7, 11) is 4.05. The number of ketones is 1. The Morgan fingerprint density at radius 3 is 2.58 bits per heavy atom. The van der Waals surface area contributed by atoms with Crippen LogP contribution in [-0.2, 0) is 11.2 Å². The first kappa shape index (κ1) is 24.3. The van der Waals surface area contributed by atoms with Crippen LogP contribution in [0.1, 0.15) is 31.2 Å². The van der Waals surface area contributed by atoms with Crippen LogP contribution in [0.25, 0.3) is 27.9 Å². The van der Waals surface area contributed by atoms with Crippen molar-refractivity contribution in [3.8, 4) is 22.3 Å². The summed E-state index contributed by atoms with van der Waals surface area (Å²) in [6, 6.07) is 19.1. The van der Waals surface area contributed by atoms with Crippen molar-refractivity contribution in [2.24, 2.45) is 0 Å². The summed E-state index contributed by atoms with van der Waals surface area (Å²) in [4.78, 5) is 21.9. The fraction of sp³-hybridized carbons (Fsp3) is 0.367. The summed E-state index contributed by atoms with van der Waals surface area (Å²) >= 11 is 0. The first-order valence-corrected chi connectivity index (χ1v) is 13.0. The van der Waals surface area contributed by atoms with Gasteiger partial charge in [-0.05, 0) is 69.6 Å². The third-order valence-electron chi connectivity index (χ3n) is 7.18. The molecule has 1 fully saturated rings. The van der Waals surface area contributed by atoms with Crippen molar-refractivity contribution in [1.29, 1.82) is 0 Å². The van der Waals surface area contributed by atoms with E-state index in [4.69, 9.17) is 4.98 Å². The molecule has 6 heteroatoms. The van der Waals surface area contributed by atoms with Gasteiger partial charge in [0.05, 0.1) is 12.2 Å². The summed E-state index contributed by atoms with van der Waals surface area (Å²) in [6.45, 7) is 2.88. The van der Waals surface area contributed by atoms with Crippen molar-refractivity contribution in [2.45, 2.75) is 38.1 Å². The van der Waals surface area contributed by atoms with Crippen LogP contribution in [0.4, 0.5) is 0 Å². The Kier molecular flexibility index (Phi) is 7.54. The van der Waals surface area contributed by atoms with Crippen molar-refractivity contribution >= 4 is 11.4 Å². The lowest BCUT2D eigenvalue weighted by Crippen LogP contribution is -2.38. The summed E-state index contributed by atoms with van der Waals surface area (Å²) in [5, 5.41) is 4.54. The van der Waals surface area contributed by atoms with Gasteiger partial charge in [-0.15, -0.1) is 0 Å². The Morgan fingerprint density at radius 1 is 1.00 bits per heavy atom. The van der Waals surface area contributed by atoms with E-state index in [0.29, 0.717) is 12.2 Å². The number of hydrogen-bond donors (Lipinski definition) is 0. The van der Waals surface area contributed by atoms with Gasteiger partial charge in [-0.3, -0.25) is 9.69 Å². The third-order valence-corrected chi connectivity index (χ3v) is 7.18. The van der Waals surface area contributed by atoms with Gasteiger partial charge in [0.25, 0.3) is 0 Å². The maximum atomic E-state index is 12.6. The van der Waals surface area contributed by atoms with Gasteiger partial charge >= 0.3 is 0 Å². The quantitative estimate of drug-likeness (QED) is 0.320. The molecular weight excluding hydrogens is 446 g/mol. The first-order chi connectivity index (χ1) is 17.6. The molecule has 0 N–H and O–H groups in total. The van der Waals surface area contributed by atoms with Crippen molar-refractivity contribution in [3.63, 3.8) is 0 Å². The first-order valence-electron chi connectivity index (χ1n) is 13.0. The molecule has 0 radical (unpaired) electrons. The molecule has 1 atom stereocenters. The van der Waals surface area contributed by atoms with Gasteiger partial charge < -0.3 is 4.90 Å². The van der Waals surface area contributed by atoms with Gasteiger partial charge in [-0.25, -0.2) is 9.50 Å². The third kappa shape index (κ3) is 5.55. The molecule has 1 aliphatic heterocycles. The van der Waals surface area contributed by atoms with E-state index in [2.05, 4.69) is 51.3 Å². The maximum absolute atomic E-state index is 12.6. The molecule has 4 aromatic rings. The molecule has 0 spiro atoms. The summed E-state index contributed by atoms with van der Waals surface area (Å²) < 4.78 is 1.86. The average molecular weight is 482 g/mol. The fourth-order valence-corrected chi connectivity index (χ4v) is 5.15. The zero-order valence-corrected chi connectivity index (χ0v) is 21.3. The van der Waals surface area contributed by atoms with Crippen molar-refractivity contribution in [2.75, 3.05) is 33.7 Å². The van der Waals surface area contributed by atoms with Crippen LogP contribution in [0.5, 0.6) is 0 Å². The van der Waals surface area contributed by atoms with E-state index < -0.39 is 0 Å². The molecule has 36 heavy (non-hydrogen) atoms. The second kappa shape index (κ2) is 11.1. The largest absolute Gasteiger partial charge is 0.309 e. The fourth-order valence-electron chi connectivity index (χ4n) is 5.15. The number of carbonyl (C=O) groups is 1. The molecule has 0 saturated carbocycles. The maximum Gasteiger partial charge on any atom is 0.162 e. The molecule has 1 aliphatic rings. The SMILES string of the molecule is CN(C)CCC(=O)[C@H]1CCCN1CCCc1ccc(-c2cnc3c(-c4ccccc4)cnn3c2)cc1. The van der Waals surface area contributed by atoms with Crippen molar-refractivity contribution in [3.05, 3.63) is 78.8 Å². The Hall–Kier alpha value is -3.35. The van der Waals surface area contributed by atoms with E-state index in [1.165, 1.54) is 5.56 Å². The Morgan fingerprint density at radius 2 is 1.81 bits per heavy atom. The normalized spacial score (nSPS) is 16.2. The highest BCUT2D eigenvalue weighted by molar-refractivity contribution is 5.84. The number of benzene rings is 2. The van der Waals surface area contributed by atoms with E-state index in [9.17, 15) is 4.79 Å². The molecular formula is C30H35N5O. The van der Waals surface area contributed by atoms with Crippen LogP contribution in [0.15, 0.2) is 73.2 Å². The average Bonchev–Trinajstić information content (AvgIpc) is 3.55. The molecule has 1 saturated heterocycles. The van der Waals surface area contributed by atoms with Gasteiger partial charge in [-0.1, -0.05) is 54.6 Å². The topological polar surface area (TPSA) is 53.7 Å². The highest BCUT2D eigenvalue weighted by Gasteiger charge is 2.29. The number of hydrogen-bond acceptors (Lipinski definition) is 5. The zero-order chi connectivity index (χ0) is 24.9. The minimum absolute atomic E-state index is 0.124. The van der Waals surface area contributed by atoms with E-state index >= 15 is 0 Å². The molecule has 2 aromatic heterocycles. The van der Waals surface area contributed by atoms with Crippen molar-refractivity contribution in [1.82, 2.24) is 24.4 Å². The standard InChI is InChI=1S/C30H35N5O/c1-33(2)19-16-29(36)28-11-7-18-34(28)17-6-8-23-12-14-24(15-13-23)26-20-31-30-27(21-32-35(30)22-26)25-9-4-3-5-10-25/h3-5,9-10,12-15,20-22,28H,6-8,11,16-19H2,1-2H3/t28-/m1/s1. The Labute approximate surface area is 213 Å². The van der Waals surface area contributed by atoms with Gasteiger partial charge in [0.15, 0.2) is 11.4 Å². The molecule has 0 amide bonds. The molecule has 186 valence electrons. The number of aryl methyl sites for hydroxylation is 1. The van der Waals surface area contributed by atoms with Gasteiger partial charge in [0, 0.05) is 36.5 Å². The number of carbonyl (C=O) groups excluding carboxylic acids is 1. The minimum atomic E-state index is 0.124. The van der Waals surface area contributed by atoms with Gasteiger partial charge in [0.2, 0.25) is 0 Å². The summed E-state index contributed by atoms with van der Waals surface area (Å²) in [5.41, 5.74) is 6.53. The highest BCUT2D eigenvalue weighted by Crippen LogP contribution is 2.26. The van der Waals surface area contributed by atoms with Crippen LogP contribution in [-0.4, -0.2) is 70.0 Å². The minimum Gasteiger partial charge on any atom is -0.309 e. The predicted octanol–water partition coefficient (Wildman–Crippen LogP) is 4.98. The summed E-state index contributed by atoms with van der Waals surface area (Å²) in [5.74, 6) is 0.407. The number of rotatable bonds is 10. The van der Waals surface area contributed by atoms with Crippen molar-refractivity contribution < 1.29 is 4.79 Å². The monoisotopic (exact) mass is 481 g/mol. The lowest BCUT2D eigenvalue weighted by molar-refractivity contribution is -0.123. The lowest BCUT2D eigenvalue weighted by atomic mass is 10.0. The number of aromatic nitrogens is 3. The smallest absolute Gasteiger partial charge is 0.162 e. The van der Waals surface area contributed by atoms with Crippen LogP contribution in [0.3, 0.4) is 0 Å². The molecule has 5 rings (SSSR count). The lowest BCUT2D eigenvalue weighted by Gasteiger charge is -2.24. The molecule has 0 bridgehead atoms. The molecule has 2 aromatic carbocycles. The Balaban J connectivity index is 1.18. The second-order valence-electron chi connectivity index (χ2n) is 10.0. The van der Waals surface area contributed by atoms with Gasteiger partial charge in [0.1, 0.15) is 0 Å². The Bertz CT molecular complexity index is 1300. The molecule has 6 nitrogen and oxygen atoms in total. The van der Waals surface area contributed by atoms with Crippen LogP contribution in [0, 0.1) is 0 Å². The molecule has 0 aliphatic carbocycles. The van der Waals surface area contributed by atoms with E-state index in [-0.39, 0.29) is 6.04 Å². The second-order valence-corrected chi connectivity index (χ2v) is 10.0. The van der Waals surface area contributed by atoms with Crippen LogP contribution < -0.4 is 0 Å². The number of Topliss-reactive ketones (excluding diaryl/α,β-unsaturated/α-hetero) is 1. The highest BCUT2D eigenvalue weighted by atomic mass is 16.1. The van der Waals surface area contributed by atoms with E-state index in [0.717, 1.165) is 73.2 Å². The van der Waals surface area contributed by atoms with E-state index in [1.54, 1.807) is 0 Å². The predicted molar refractivity (Wildman–Crippen MR) is 145 cm³/mol. The number of fused-ring (bicyclic) bond motifs is 1. The molecule has 0 unspecified atom stereocenters. The zero-order valence-electron chi connectivity index (χ0n) is 21.3. The van der Waals surface area contributed by atoms with Crippen LogP contribution >= 0.6 is 0 Å². The van der Waals surface area contributed by atoms with Crippen LogP contribution in [0.2, 0.25) is 0 Å². The number of likely N-dealkylation sites (tertiary alicyclic amines) is 1.